The van der Waals surface area contributed by atoms with Gasteiger partial charge >= 0.3 is 6.18 Å². The Kier molecular flexibility index (Phi) is 8.46. The molecule has 45 heavy (non-hydrogen) atoms. The highest BCUT2D eigenvalue weighted by molar-refractivity contribution is 6.32. The van der Waals surface area contributed by atoms with E-state index in [0.717, 1.165) is 22.8 Å². The van der Waals surface area contributed by atoms with Crippen LogP contribution in [0.5, 0.6) is 5.75 Å². The molecule has 1 aliphatic heterocycles. The summed E-state index contributed by atoms with van der Waals surface area (Å²) >= 11 is 6.26. The van der Waals surface area contributed by atoms with E-state index in [-0.39, 0.29) is 11.3 Å². The number of hydrogen-bond acceptors (Lipinski definition) is 6. The number of methoxy groups -OCH3 is 1. The number of benzene rings is 3. The van der Waals surface area contributed by atoms with Gasteiger partial charge in [0.2, 0.25) is 0 Å². The Balaban J connectivity index is 1.31. The van der Waals surface area contributed by atoms with Crippen LogP contribution >= 0.6 is 11.6 Å². The fraction of sp³-hybridized carbons (Fsp3) is 0.182. The third-order valence-electron chi connectivity index (χ3n) is 7.41. The van der Waals surface area contributed by atoms with Gasteiger partial charge < -0.3 is 19.7 Å². The number of halogens is 4. The molecular weight excluding hydrogens is 607 g/mol. The second-order valence-electron chi connectivity index (χ2n) is 10.3. The van der Waals surface area contributed by atoms with Gasteiger partial charge in [0, 0.05) is 59.7 Å². The number of nitrogens with one attached hydrogen (secondary N) is 1. The maximum Gasteiger partial charge on any atom is 0.418 e. The number of alkyl halides is 3. The smallest absolute Gasteiger partial charge is 0.418 e. The van der Waals surface area contributed by atoms with Crippen molar-refractivity contribution in [3.05, 3.63) is 108 Å². The molecule has 1 fully saturated rings. The quantitative estimate of drug-likeness (QED) is 0.202. The van der Waals surface area contributed by atoms with Crippen molar-refractivity contribution in [1.82, 2.24) is 14.8 Å². The first kappa shape index (κ1) is 30.2. The number of hydrogen-bond donors (Lipinski definition) is 1. The molecule has 5 aromatic rings. The topological polar surface area (TPSA) is 81.5 Å². The SMILES string of the molecule is COc1cc(-c2nn(-c3cccc(NC(=O)c4ccc(N5CCOCC5)c(C(F)(F)F)c4)c3)cc2-c2ccncc2)ccc1Cl. The van der Waals surface area contributed by atoms with Crippen molar-refractivity contribution in [1.29, 1.82) is 0 Å². The molecule has 1 N–H and O–H groups in total. The van der Waals surface area contributed by atoms with Crippen LogP contribution < -0.4 is 15.0 Å². The zero-order valence-electron chi connectivity index (χ0n) is 24.0. The molecule has 0 aliphatic carbocycles. The van der Waals surface area contributed by atoms with E-state index in [9.17, 15) is 18.0 Å². The van der Waals surface area contributed by atoms with Gasteiger partial charge in [-0.3, -0.25) is 9.78 Å². The van der Waals surface area contributed by atoms with Crippen molar-refractivity contribution in [3.8, 4) is 33.8 Å². The molecule has 1 aliphatic rings. The molecule has 0 spiro atoms. The number of pyridine rings is 1. The first-order valence-corrected chi connectivity index (χ1v) is 14.4. The van der Waals surface area contributed by atoms with Crippen molar-refractivity contribution >= 4 is 28.9 Å². The Labute approximate surface area is 262 Å². The summed E-state index contributed by atoms with van der Waals surface area (Å²) < 4.78 is 54.5. The largest absolute Gasteiger partial charge is 0.495 e. The number of carbonyl (C=O) groups excluding carboxylic acids is 1. The lowest BCUT2D eigenvalue weighted by Crippen LogP contribution is -2.37. The van der Waals surface area contributed by atoms with E-state index in [1.54, 1.807) is 52.3 Å². The molecule has 2 aromatic heterocycles. The molecule has 0 saturated carbocycles. The van der Waals surface area contributed by atoms with Gasteiger partial charge in [0.05, 0.1) is 36.6 Å². The number of rotatable bonds is 7. The molecule has 230 valence electrons. The minimum absolute atomic E-state index is 0.0298. The fourth-order valence-electron chi connectivity index (χ4n) is 5.18. The van der Waals surface area contributed by atoms with Crippen LogP contribution in [0.1, 0.15) is 15.9 Å². The number of carbonyl (C=O) groups is 1. The Morgan fingerprint density at radius 2 is 1.76 bits per heavy atom. The molecule has 0 unspecified atom stereocenters. The van der Waals surface area contributed by atoms with Crippen LogP contribution in [-0.4, -0.2) is 54.1 Å². The molecule has 1 saturated heterocycles. The van der Waals surface area contributed by atoms with Gasteiger partial charge in [0.25, 0.3) is 5.91 Å². The number of anilines is 2. The molecule has 12 heteroatoms. The molecule has 3 aromatic carbocycles. The van der Waals surface area contributed by atoms with Crippen LogP contribution in [0.2, 0.25) is 5.02 Å². The number of amides is 1. The first-order chi connectivity index (χ1) is 21.7. The second kappa shape index (κ2) is 12.6. The zero-order chi connectivity index (χ0) is 31.6. The summed E-state index contributed by atoms with van der Waals surface area (Å²) in [7, 11) is 1.54. The second-order valence-corrected chi connectivity index (χ2v) is 10.7. The molecule has 0 radical (unpaired) electrons. The predicted molar refractivity (Wildman–Crippen MR) is 166 cm³/mol. The number of morpholine rings is 1. The van der Waals surface area contributed by atoms with E-state index in [0.29, 0.717) is 54.1 Å². The van der Waals surface area contributed by atoms with Gasteiger partial charge in [0.1, 0.15) is 11.4 Å². The lowest BCUT2D eigenvalue weighted by molar-refractivity contribution is -0.137. The van der Waals surface area contributed by atoms with Gasteiger partial charge in [0.15, 0.2) is 0 Å². The molecular formula is C33H27ClF3N5O3. The van der Waals surface area contributed by atoms with Crippen LogP contribution in [0.15, 0.2) is 91.4 Å². The van der Waals surface area contributed by atoms with Gasteiger partial charge in [-0.05, 0) is 66.2 Å². The number of ether oxygens (including phenoxy) is 2. The van der Waals surface area contributed by atoms with Crippen LogP contribution in [0, 0.1) is 0 Å². The third-order valence-corrected chi connectivity index (χ3v) is 7.73. The van der Waals surface area contributed by atoms with Crippen LogP contribution in [-0.2, 0) is 10.9 Å². The normalized spacial score (nSPS) is 13.5. The van der Waals surface area contributed by atoms with Crippen molar-refractivity contribution < 1.29 is 27.4 Å². The summed E-state index contributed by atoms with van der Waals surface area (Å²) in [6.07, 6.45) is 0.592. The van der Waals surface area contributed by atoms with Crippen molar-refractivity contribution in [3.63, 3.8) is 0 Å². The lowest BCUT2D eigenvalue weighted by atomic mass is 10.0. The minimum atomic E-state index is -4.64. The van der Waals surface area contributed by atoms with E-state index in [4.69, 9.17) is 26.2 Å². The average molecular weight is 634 g/mol. The fourth-order valence-corrected chi connectivity index (χ4v) is 5.38. The number of aromatic nitrogens is 3. The van der Waals surface area contributed by atoms with Crippen LogP contribution in [0.4, 0.5) is 24.5 Å². The summed E-state index contributed by atoms with van der Waals surface area (Å²) in [6.45, 7) is 1.35. The summed E-state index contributed by atoms with van der Waals surface area (Å²) in [5.74, 6) is -0.168. The molecule has 3 heterocycles. The van der Waals surface area contributed by atoms with Crippen LogP contribution in [0.3, 0.4) is 0 Å². The molecule has 0 bridgehead atoms. The maximum atomic E-state index is 14.0. The predicted octanol–water partition coefficient (Wildman–Crippen LogP) is 7.37. The van der Waals surface area contributed by atoms with E-state index in [1.165, 1.54) is 19.2 Å². The monoisotopic (exact) mass is 633 g/mol. The highest BCUT2D eigenvalue weighted by Crippen LogP contribution is 2.38. The lowest BCUT2D eigenvalue weighted by Gasteiger charge is -2.31. The molecule has 0 atom stereocenters. The van der Waals surface area contributed by atoms with E-state index < -0.39 is 17.6 Å². The van der Waals surface area contributed by atoms with Gasteiger partial charge in [-0.15, -0.1) is 0 Å². The first-order valence-electron chi connectivity index (χ1n) is 14.0. The Morgan fingerprint density at radius 3 is 2.49 bits per heavy atom. The number of nitrogens with zero attached hydrogens (tertiary/aromatic N) is 4. The van der Waals surface area contributed by atoms with E-state index in [1.807, 2.05) is 30.5 Å². The van der Waals surface area contributed by atoms with Crippen molar-refractivity contribution in [2.24, 2.45) is 0 Å². The Bertz CT molecular complexity index is 1840. The van der Waals surface area contributed by atoms with Gasteiger partial charge in [-0.2, -0.15) is 18.3 Å². The summed E-state index contributed by atoms with van der Waals surface area (Å²) in [5.41, 5.74) is 3.19. The molecule has 6 rings (SSSR count). The van der Waals surface area contributed by atoms with Gasteiger partial charge in [-0.25, -0.2) is 4.68 Å². The Hall–Kier alpha value is -4.87. The standard InChI is InChI=1S/C33H27ClF3N5O3/c1-44-30-18-22(5-7-28(30)34)31-26(21-9-11-38-12-10-21)20-42(40-31)25-4-2-3-24(19-25)39-32(43)23-6-8-29(27(17-23)33(35,36)37)41-13-15-45-16-14-41/h2-12,17-20H,13-16H2,1H3,(H,39,43). The van der Waals surface area contributed by atoms with Crippen molar-refractivity contribution in [2.75, 3.05) is 43.6 Å². The van der Waals surface area contributed by atoms with Crippen molar-refractivity contribution in [2.45, 2.75) is 6.18 Å². The molecule has 8 nitrogen and oxygen atoms in total. The zero-order valence-corrected chi connectivity index (χ0v) is 24.8. The minimum Gasteiger partial charge on any atom is -0.495 e. The highest BCUT2D eigenvalue weighted by atomic mass is 35.5. The summed E-state index contributed by atoms with van der Waals surface area (Å²) in [6, 6.07) is 19.7. The Morgan fingerprint density at radius 1 is 0.978 bits per heavy atom. The van der Waals surface area contributed by atoms with Gasteiger partial charge in [-0.1, -0.05) is 23.7 Å². The summed E-state index contributed by atoms with van der Waals surface area (Å²) in [5, 5.41) is 8.05. The van der Waals surface area contributed by atoms with E-state index >= 15 is 0 Å². The van der Waals surface area contributed by atoms with Crippen LogP contribution in [0.25, 0.3) is 28.1 Å². The average Bonchev–Trinajstić information content (AvgIpc) is 3.51. The summed E-state index contributed by atoms with van der Waals surface area (Å²) in [4.78, 5) is 18.9. The van der Waals surface area contributed by atoms with E-state index in [2.05, 4.69) is 10.3 Å². The maximum absolute atomic E-state index is 14.0. The third kappa shape index (κ3) is 6.50. The molecule has 1 amide bonds. The highest BCUT2D eigenvalue weighted by Gasteiger charge is 2.36.